The first kappa shape index (κ1) is 12.7. The summed E-state index contributed by atoms with van der Waals surface area (Å²) in [5.74, 6) is 0. The molecule has 3 rings (SSSR count). The maximum atomic E-state index is 8.78. The molecule has 0 spiro atoms. The van der Waals surface area contributed by atoms with Crippen molar-refractivity contribution in [3.05, 3.63) is 65.2 Å². The summed E-state index contributed by atoms with van der Waals surface area (Å²) in [4.78, 5) is 0. The second-order valence-corrected chi connectivity index (χ2v) is 4.88. The van der Waals surface area contributed by atoms with Crippen molar-refractivity contribution in [3.63, 3.8) is 0 Å². The van der Waals surface area contributed by atoms with Crippen molar-refractivity contribution in [3.8, 4) is 6.07 Å². The van der Waals surface area contributed by atoms with Crippen molar-refractivity contribution >= 4 is 5.69 Å². The Morgan fingerprint density at radius 2 is 1.95 bits per heavy atom. The third-order valence-corrected chi connectivity index (χ3v) is 3.60. The van der Waals surface area contributed by atoms with Crippen LogP contribution in [-0.2, 0) is 11.2 Å². The van der Waals surface area contributed by atoms with Crippen LogP contribution in [0.3, 0.4) is 0 Å². The molecule has 0 amide bonds. The molecular weight excluding hydrogens is 248 g/mol. The summed E-state index contributed by atoms with van der Waals surface area (Å²) in [6.45, 7) is 1.51. The number of benzene rings is 2. The van der Waals surface area contributed by atoms with Crippen LogP contribution in [0.4, 0.5) is 5.69 Å². The van der Waals surface area contributed by atoms with E-state index >= 15 is 0 Å². The monoisotopic (exact) mass is 264 g/mol. The predicted octanol–water partition coefficient (Wildman–Crippen LogP) is 3.28. The van der Waals surface area contributed by atoms with Crippen molar-refractivity contribution in [2.45, 2.75) is 12.5 Å². The van der Waals surface area contributed by atoms with Gasteiger partial charge in [-0.1, -0.05) is 24.3 Å². The van der Waals surface area contributed by atoms with E-state index in [4.69, 9.17) is 10.00 Å². The summed E-state index contributed by atoms with van der Waals surface area (Å²) >= 11 is 0. The summed E-state index contributed by atoms with van der Waals surface area (Å²) in [6, 6.07) is 18.1. The van der Waals surface area contributed by atoms with Crippen molar-refractivity contribution in [1.82, 2.24) is 0 Å². The fourth-order valence-corrected chi connectivity index (χ4v) is 2.52. The van der Waals surface area contributed by atoms with Gasteiger partial charge in [-0.3, -0.25) is 0 Å². The van der Waals surface area contributed by atoms with Gasteiger partial charge in [-0.25, -0.2) is 0 Å². The fraction of sp³-hybridized carbons (Fsp3) is 0.235. The Labute approximate surface area is 118 Å². The lowest BCUT2D eigenvalue weighted by Crippen LogP contribution is -2.22. The zero-order valence-electron chi connectivity index (χ0n) is 11.2. The Morgan fingerprint density at radius 1 is 1.15 bits per heavy atom. The molecule has 0 aromatic heterocycles. The van der Waals surface area contributed by atoms with Gasteiger partial charge in [0.1, 0.15) is 0 Å². The number of nitrogens with zero attached hydrogens (tertiary/aromatic N) is 1. The van der Waals surface area contributed by atoms with Crippen LogP contribution < -0.4 is 5.32 Å². The first-order valence-corrected chi connectivity index (χ1v) is 6.80. The largest absolute Gasteiger partial charge is 0.382 e. The summed E-state index contributed by atoms with van der Waals surface area (Å²) in [6.07, 6.45) is 1.08. The minimum absolute atomic E-state index is 0.0931. The molecule has 0 aliphatic carbocycles. The molecule has 2 aromatic carbocycles. The highest BCUT2D eigenvalue weighted by Crippen LogP contribution is 2.27. The molecule has 100 valence electrons. The molecule has 3 nitrogen and oxygen atoms in total. The van der Waals surface area contributed by atoms with Crippen LogP contribution >= 0.6 is 0 Å². The van der Waals surface area contributed by atoms with Gasteiger partial charge < -0.3 is 10.1 Å². The van der Waals surface area contributed by atoms with E-state index in [-0.39, 0.29) is 6.10 Å². The first-order valence-electron chi connectivity index (χ1n) is 6.80. The van der Waals surface area contributed by atoms with Crippen molar-refractivity contribution in [2.75, 3.05) is 18.5 Å². The molecule has 0 bridgehead atoms. The fourth-order valence-electron chi connectivity index (χ4n) is 2.52. The molecule has 1 N–H and O–H groups in total. The van der Waals surface area contributed by atoms with E-state index in [9.17, 15) is 0 Å². The molecule has 0 saturated heterocycles. The van der Waals surface area contributed by atoms with Gasteiger partial charge >= 0.3 is 0 Å². The number of hydrogen-bond donors (Lipinski definition) is 1. The maximum Gasteiger partial charge on any atom is 0.0999 e. The first-order chi connectivity index (χ1) is 9.86. The average Bonchev–Trinajstić information content (AvgIpc) is 2.53. The molecule has 0 fully saturated rings. The molecular formula is C17H16N2O. The van der Waals surface area contributed by atoms with E-state index in [1.807, 2.05) is 24.3 Å². The van der Waals surface area contributed by atoms with E-state index in [1.54, 1.807) is 0 Å². The molecule has 1 heterocycles. The molecule has 20 heavy (non-hydrogen) atoms. The molecule has 3 heteroatoms. The summed E-state index contributed by atoms with van der Waals surface area (Å²) in [5.41, 5.74) is 4.34. The normalized spacial score (nSPS) is 17.1. The number of nitrogens with one attached hydrogen (secondary N) is 1. The number of ether oxygens (including phenoxy) is 1. The van der Waals surface area contributed by atoms with Gasteiger partial charge in [-0.15, -0.1) is 0 Å². The molecule has 1 atom stereocenters. The Hall–Kier alpha value is -2.31. The Bertz CT molecular complexity index is 628. The van der Waals surface area contributed by atoms with Gasteiger partial charge in [-0.05, 0) is 41.8 Å². The highest BCUT2D eigenvalue weighted by atomic mass is 16.5. The van der Waals surface area contributed by atoms with Crippen LogP contribution in [-0.4, -0.2) is 13.2 Å². The summed E-state index contributed by atoms with van der Waals surface area (Å²) in [5, 5.41) is 12.2. The van der Waals surface area contributed by atoms with Gasteiger partial charge in [0.2, 0.25) is 0 Å². The minimum Gasteiger partial charge on any atom is -0.382 e. The van der Waals surface area contributed by atoms with Crippen LogP contribution in [0.1, 0.15) is 22.8 Å². The van der Waals surface area contributed by atoms with Crippen LogP contribution in [0.25, 0.3) is 0 Å². The lowest BCUT2D eigenvalue weighted by Gasteiger charge is -2.26. The predicted molar refractivity (Wildman–Crippen MR) is 78.5 cm³/mol. The molecule has 0 radical (unpaired) electrons. The number of rotatable bonds is 3. The second-order valence-electron chi connectivity index (χ2n) is 4.88. The van der Waals surface area contributed by atoms with Crippen molar-refractivity contribution < 1.29 is 4.74 Å². The average molecular weight is 264 g/mol. The highest BCUT2D eigenvalue weighted by Gasteiger charge is 2.19. The van der Waals surface area contributed by atoms with Crippen LogP contribution in [0.2, 0.25) is 0 Å². The zero-order valence-corrected chi connectivity index (χ0v) is 11.2. The van der Waals surface area contributed by atoms with Gasteiger partial charge in [0.25, 0.3) is 0 Å². The van der Waals surface area contributed by atoms with Crippen LogP contribution in [0, 0.1) is 11.3 Å². The lowest BCUT2D eigenvalue weighted by molar-refractivity contribution is 0.0513. The van der Waals surface area contributed by atoms with Gasteiger partial charge in [-0.2, -0.15) is 5.26 Å². The number of anilines is 1. The minimum atomic E-state index is 0.0931. The van der Waals surface area contributed by atoms with E-state index in [2.05, 4.69) is 35.7 Å². The summed E-state index contributed by atoms with van der Waals surface area (Å²) < 4.78 is 5.86. The second kappa shape index (κ2) is 5.77. The van der Waals surface area contributed by atoms with Crippen molar-refractivity contribution in [2.24, 2.45) is 0 Å². The Morgan fingerprint density at radius 3 is 2.75 bits per heavy atom. The quantitative estimate of drug-likeness (QED) is 0.925. The standard InChI is InChI=1S/C17H16N2O/c18-11-13-5-7-15(8-6-13)19-12-17-16-4-2-1-3-14(16)9-10-20-17/h1-8,17,19H,9-10,12H2. The zero-order chi connectivity index (χ0) is 13.8. The van der Waals surface area contributed by atoms with Crippen molar-refractivity contribution in [1.29, 1.82) is 5.26 Å². The SMILES string of the molecule is N#Cc1ccc(NCC2OCCc3ccccc32)cc1. The topological polar surface area (TPSA) is 45.0 Å². The highest BCUT2D eigenvalue weighted by molar-refractivity contribution is 5.47. The third kappa shape index (κ3) is 2.66. The van der Waals surface area contributed by atoms with E-state index in [1.165, 1.54) is 11.1 Å². The number of hydrogen-bond acceptors (Lipinski definition) is 3. The molecule has 2 aromatic rings. The summed E-state index contributed by atoms with van der Waals surface area (Å²) in [7, 11) is 0. The smallest absolute Gasteiger partial charge is 0.0999 e. The third-order valence-electron chi connectivity index (χ3n) is 3.60. The van der Waals surface area contributed by atoms with Crippen LogP contribution in [0.5, 0.6) is 0 Å². The number of nitriles is 1. The lowest BCUT2D eigenvalue weighted by atomic mass is 9.97. The van der Waals surface area contributed by atoms with Gasteiger partial charge in [0.05, 0.1) is 24.3 Å². The van der Waals surface area contributed by atoms with E-state index in [0.29, 0.717) is 5.56 Å². The van der Waals surface area contributed by atoms with Gasteiger partial charge in [0, 0.05) is 12.2 Å². The van der Waals surface area contributed by atoms with E-state index in [0.717, 1.165) is 25.3 Å². The number of fused-ring (bicyclic) bond motifs is 1. The Kier molecular flexibility index (Phi) is 3.67. The molecule has 1 aliphatic heterocycles. The molecule has 1 aliphatic rings. The van der Waals surface area contributed by atoms with Crippen LogP contribution in [0.15, 0.2) is 48.5 Å². The molecule has 1 unspecified atom stereocenters. The maximum absolute atomic E-state index is 8.78. The van der Waals surface area contributed by atoms with E-state index < -0.39 is 0 Å². The molecule has 0 saturated carbocycles. The van der Waals surface area contributed by atoms with Gasteiger partial charge in [0.15, 0.2) is 0 Å². The Balaban J connectivity index is 1.68.